The van der Waals surface area contributed by atoms with Crippen LogP contribution in [0.3, 0.4) is 0 Å². The Hall–Kier alpha value is -5.71. The molecule has 8 rings (SSSR count). The van der Waals surface area contributed by atoms with Gasteiger partial charge in [0.25, 0.3) is 5.91 Å². The number of anilines is 2. The van der Waals surface area contributed by atoms with E-state index in [0.717, 1.165) is 87.2 Å². The van der Waals surface area contributed by atoms with Gasteiger partial charge in [-0.2, -0.15) is 13.2 Å². The van der Waals surface area contributed by atoms with Crippen LogP contribution in [0.25, 0.3) is 16.7 Å². The van der Waals surface area contributed by atoms with Gasteiger partial charge in [-0.25, -0.2) is 14.8 Å². The number of hydrogen-bond acceptors (Lipinski definition) is 9. The van der Waals surface area contributed by atoms with Gasteiger partial charge in [-0.3, -0.25) is 28.8 Å². The summed E-state index contributed by atoms with van der Waals surface area (Å²) >= 11 is 0. The van der Waals surface area contributed by atoms with Gasteiger partial charge in [0.2, 0.25) is 11.8 Å². The minimum Gasteiger partial charge on any atom is -0.489 e. The lowest BCUT2D eigenvalue weighted by Gasteiger charge is -2.40. The number of rotatable bonds is 10. The number of amides is 3. The van der Waals surface area contributed by atoms with Crippen LogP contribution in [-0.4, -0.2) is 85.0 Å². The molecule has 0 spiro atoms. The van der Waals surface area contributed by atoms with E-state index in [4.69, 9.17) is 9.72 Å². The highest BCUT2D eigenvalue weighted by Crippen LogP contribution is 2.38. The molecular weight excluding hydrogens is 780 g/mol. The van der Waals surface area contributed by atoms with Crippen molar-refractivity contribution in [3.05, 3.63) is 82.4 Å². The van der Waals surface area contributed by atoms with Crippen LogP contribution in [0.15, 0.2) is 59.7 Å². The third-order valence-corrected chi connectivity index (χ3v) is 12.3. The van der Waals surface area contributed by atoms with Crippen molar-refractivity contribution in [3.63, 3.8) is 0 Å². The van der Waals surface area contributed by atoms with E-state index in [-0.39, 0.29) is 35.7 Å². The van der Waals surface area contributed by atoms with Crippen LogP contribution < -0.4 is 26.0 Å². The molecular formula is C43H50F3N9O5. The van der Waals surface area contributed by atoms with Gasteiger partial charge in [-0.1, -0.05) is 6.07 Å². The number of pyridine rings is 2. The van der Waals surface area contributed by atoms with Gasteiger partial charge in [0.1, 0.15) is 34.5 Å². The number of nitrogens with zero attached hydrogens (tertiary/aromatic N) is 7. The standard InChI is InChI=1S/C43H50F3N9O5/c1-25(2)60-36-21-38-48-31(23-54(38)24-32(36)49-40(57)30-6-5-7-37(47-30)43(44,45)46)27-10-8-26(9-11-27)22-51(3)28-16-18-53(19-17-28)29-12-13-33-35(20-29)52(4)42(59)55(33)34-14-15-39(56)50-41(34)58/h5-7,12-13,20-21,23-28,34H,8-11,14-19,22H2,1-4H3,(H,49,57)(H,50,56,58). The summed E-state index contributed by atoms with van der Waals surface area (Å²) in [6, 6.07) is 10.7. The Morgan fingerprint density at radius 1 is 0.967 bits per heavy atom. The number of imide groups is 1. The smallest absolute Gasteiger partial charge is 0.433 e. The molecule has 17 heteroatoms. The van der Waals surface area contributed by atoms with Gasteiger partial charge in [0, 0.05) is 69.2 Å². The lowest BCUT2D eigenvalue weighted by atomic mass is 9.80. The summed E-state index contributed by atoms with van der Waals surface area (Å²) in [7, 11) is 3.94. The van der Waals surface area contributed by atoms with Gasteiger partial charge in [-0.05, 0) is 102 Å². The zero-order valence-corrected chi connectivity index (χ0v) is 34.2. The van der Waals surface area contributed by atoms with Crippen LogP contribution in [0.2, 0.25) is 0 Å². The summed E-state index contributed by atoms with van der Waals surface area (Å²) in [5.74, 6) is -0.334. The van der Waals surface area contributed by atoms with E-state index in [1.54, 1.807) is 23.9 Å². The van der Waals surface area contributed by atoms with E-state index < -0.39 is 29.7 Å². The summed E-state index contributed by atoms with van der Waals surface area (Å²) < 4.78 is 50.7. The molecule has 318 valence electrons. The molecule has 0 bridgehead atoms. The molecule has 14 nitrogen and oxygen atoms in total. The molecule has 0 radical (unpaired) electrons. The van der Waals surface area contributed by atoms with Gasteiger partial charge in [-0.15, -0.1) is 0 Å². The zero-order valence-electron chi connectivity index (χ0n) is 34.2. The predicted octanol–water partition coefficient (Wildman–Crippen LogP) is 6.29. The van der Waals surface area contributed by atoms with Crippen molar-refractivity contribution in [1.82, 2.24) is 33.7 Å². The number of imidazole rings is 2. The number of aromatic nitrogens is 5. The van der Waals surface area contributed by atoms with Crippen molar-refractivity contribution < 1.29 is 32.3 Å². The van der Waals surface area contributed by atoms with E-state index in [9.17, 15) is 32.3 Å². The fourth-order valence-corrected chi connectivity index (χ4v) is 9.12. The highest BCUT2D eigenvalue weighted by atomic mass is 19.4. The zero-order chi connectivity index (χ0) is 42.5. The third kappa shape index (κ3) is 8.36. The number of carbonyl (C=O) groups excluding carboxylic acids is 3. The van der Waals surface area contributed by atoms with Crippen molar-refractivity contribution >= 4 is 45.8 Å². The van der Waals surface area contributed by atoms with E-state index in [2.05, 4.69) is 32.5 Å². The number of piperidine rings is 2. The Balaban J connectivity index is 0.863. The summed E-state index contributed by atoms with van der Waals surface area (Å²) in [5, 5.41) is 5.06. The second-order valence-corrected chi connectivity index (χ2v) is 16.7. The molecule has 1 saturated carbocycles. The molecule has 3 aliphatic rings. The molecule has 1 aromatic carbocycles. The topological polar surface area (TPSA) is 148 Å². The molecule has 4 aromatic heterocycles. The summed E-state index contributed by atoms with van der Waals surface area (Å²) in [6.45, 7) is 6.49. The lowest BCUT2D eigenvalue weighted by molar-refractivity contribution is -0.141. The Bertz CT molecular complexity index is 2490. The van der Waals surface area contributed by atoms with Gasteiger partial charge in [0.05, 0.1) is 22.8 Å². The average molecular weight is 830 g/mol. The molecule has 2 aliphatic heterocycles. The largest absolute Gasteiger partial charge is 0.489 e. The van der Waals surface area contributed by atoms with Crippen molar-refractivity contribution in [3.8, 4) is 5.75 Å². The third-order valence-electron chi connectivity index (χ3n) is 12.3. The quantitative estimate of drug-likeness (QED) is 0.155. The van der Waals surface area contributed by atoms with E-state index >= 15 is 0 Å². The average Bonchev–Trinajstić information content (AvgIpc) is 3.74. The number of nitrogens with one attached hydrogen (secondary N) is 2. The Morgan fingerprint density at radius 2 is 1.72 bits per heavy atom. The number of benzene rings is 1. The summed E-state index contributed by atoms with van der Waals surface area (Å²) in [4.78, 5) is 64.0. The fraction of sp³-hybridized carbons (Fsp3) is 0.488. The molecule has 1 unspecified atom stereocenters. The number of alkyl halides is 3. The monoisotopic (exact) mass is 829 g/mol. The van der Waals surface area contributed by atoms with Crippen molar-refractivity contribution in [2.24, 2.45) is 13.0 Å². The molecule has 2 N–H and O–H groups in total. The number of carbonyl (C=O) groups is 3. The van der Waals surface area contributed by atoms with Crippen LogP contribution in [0.5, 0.6) is 5.75 Å². The first kappa shape index (κ1) is 41.0. The summed E-state index contributed by atoms with van der Waals surface area (Å²) in [5.41, 5.74) is 2.63. The number of hydrogen-bond donors (Lipinski definition) is 2. The molecule has 3 amide bonds. The first-order chi connectivity index (χ1) is 28.6. The van der Waals surface area contributed by atoms with Crippen LogP contribution in [0.1, 0.15) is 99.1 Å². The van der Waals surface area contributed by atoms with Crippen molar-refractivity contribution in [2.45, 2.75) is 95.5 Å². The molecule has 3 fully saturated rings. The van der Waals surface area contributed by atoms with Gasteiger partial charge < -0.3 is 24.3 Å². The van der Waals surface area contributed by atoms with Crippen LogP contribution in [-0.2, 0) is 22.8 Å². The Morgan fingerprint density at radius 3 is 2.42 bits per heavy atom. The number of ether oxygens (including phenoxy) is 1. The van der Waals surface area contributed by atoms with E-state index in [1.165, 1.54) is 10.6 Å². The molecule has 1 aliphatic carbocycles. The highest BCUT2D eigenvalue weighted by molar-refractivity contribution is 6.04. The van der Waals surface area contributed by atoms with Crippen LogP contribution in [0.4, 0.5) is 24.5 Å². The lowest BCUT2D eigenvalue weighted by Crippen LogP contribution is -2.45. The second-order valence-electron chi connectivity index (χ2n) is 16.7. The first-order valence-electron chi connectivity index (χ1n) is 20.7. The fourth-order valence-electron chi connectivity index (χ4n) is 9.12. The van der Waals surface area contributed by atoms with Gasteiger partial charge >= 0.3 is 11.9 Å². The molecule has 2 saturated heterocycles. The number of fused-ring (bicyclic) bond motifs is 2. The maximum Gasteiger partial charge on any atom is 0.433 e. The Labute approximate surface area is 344 Å². The second kappa shape index (κ2) is 16.4. The van der Waals surface area contributed by atoms with Crippen molar-refractivity contribution in [2.75, 3.05) is 36.9 Å². The van der Waals surface area contributed by atoms with E-state index in [0.29, 0.717) is 41.0 Å². The van der Waals surface area contributed by atoms with Crippen molar-refractivity contribution in [1.29, 1.82) is 0 Å². The molecule has 6 heterocycles. The highest BCUT2D eigenvalue weighted by Gasteiger charge is 2.34. The Kier molecular flexibility index (Phi) is 11.2. The SMILES string of the molecule is CC(C)Oc1cc2nc(C3CCC(CN(C)C4CCN(c5ccc6c(c5)n(C)c(=O)n6C5CCC(=O)NC5=O)CC4)CC3)cn2cc1NC(=O)c1cccc(C(F)(F)F)n1. The van der Waals surface area contributed by atoms with E-state index in [1.807, 2.05) is 42.6 Å². The maximum absolute atomic E-state index is 13.3. The number of halogens is 3. The van der Waals surface area contributed by atoms with Crippen LogP contribution >= 0.6 is 0 Å². The number of aryl methyl sites for hydroxylation is 1. The predicted molar refractivity (Wildman–Crippen MR) is 219 cm³/mol. The normalized spacial score (nSPS) is 20.7. The molecule has 5 aromatic rings. The molecule has 60 heavy (non-hydrogen) atoms. The maximum atomic E-state index is 13.3. The first-order valence-corrected chi connectivity index (χ1v) is 20.7. The van der Waals surface area contributed by atoms with Gasteiger partial charge in [0.15, 0.2) is 0 Å². The minimum absolute atomic E-state index is 0.202. The summed E-state index contributed by atoms with van der Waals surface area (Å²) in [6.07, 6.45) is 5.42. The van der Waals surface area contributed by atoms with Crippen LogP contribution in [0, 0.1) is 5.92 Å². The minimum atomic E-state index is -4.68. The molecule has 1 atom stereocenters.